The van der Waals surface area contributed by atoms with Gasteiger partial charge in [-0.2, -0.15) is 0 Å². The topological polar surface area (TPSA) is 53.1 Å². The van der Waals surface area contributed by atoms with Crippen LogP contribution in [0.25, 0.3) is 11.3 Å². The predicted molar refractivity (Wildman–Crippen MR) is 81.4 cm³/mol. The maximum Gasteiger partial charge on any atom is 0.133 e. The highest BCUT2D eigenvalue weighted by molar-refractivity contribution is 9.10. The second-order valence-corrected chi connectivity index (χ2v) is 5.56. The molecule has 0 fully saturated rings. The Morgan fingerprint density at radius 3 is 2.53 bits per heavy atom. The third kappa shape index (κ3) is 2.47. The number of imidazole rings is 1. The van der Waals surface area contributed by atoms with Crippen molar-refractivity contribution in [3.8, 4) is 17.0 Å². The molecule has 2 aromatic rings. The van der Waals surface area contributed by atoms with Crippen LogP contribution in [0.4, 0.5) is 5.82 Å². The summed E-state index contributed by atoms with van der Waals surface area (Å²) in [6, 6.07) is 6.14. The molecule has 0 aliphatic rings. The highest BCUT2D eigenvalue weighted by Gasteiger charge is 2.16. The summed E-state index contributed by atoms with van der Waals surface area (Å²) in [7, 11) is 1.64. The molecule has 0 unspecified atom stereocenters. The van der Waals surface area contributed by atoms with Gasteiger partial charge in [0.15, 0.2) is 0 Å². The highest BCUT2D eigenvalue weighted by Crippen LogP contribution is 2.33. The number of ether oxygens (including phenoxy) is 1. The first-order valence-corrected chi connectivity index (χ1v) is 6.93. The second-order valence-electron chi connectivity index (χ2n) is 4.71. The van der Waals surface area contributed by atoms with E-state index in [0.717, 1.165) is 27.3 Å². The Bertz CT molecular complexity index is 605. The molecule has 2 N–H and O–H groups in total. The Morgan fingerprint density at radius 1 is 1.37 bits per heavy atom. The molecule has 0 spiro atoms. The molecule has 19 heavy (non-hydrogen) atoms. The lowest BCUT2D eigenvalue weighted by atomic mass is 10.1. The minimum absolute atomic E-state index is 0.294. The van der Waals surface area contributed by atoms with Gasteiger partial charge in [0.05, 0.1) is 11.6 Å². The molecule has 0 atom stereocenters. The van der Waals surface area contributed by atoms with E-state index in [-0.39, 0.29) is 0 Å². The maximum atomic E-state index is 6.21. The van der Waals surface area contributed by atoms with Crippen LogP contribution in [0, 0.1) is 6.92 Å². The molecule has 4 nitrogen and oxygen atoms in total. The number of halogens is 1. The Labute approximate surface area is 121 Å². The predicted octanol–water partition coefficient (Wildman–Crippen LogP) is 3.79. The lowest BCUT2D eigenvalue weighted by Gasteiger charge is -2.11. The van der Waals surface area contributed by atoms with Crippen molar-refractivity contribution in [2.75, 3.05) is 12.8 Å². The van der Waals surface area contributed by atoms with Crippen molar-refractivity contribution in [3.63, 3.8) is 0 Å². The first kappa shape index (κ1) is 13.9. The van der Waals surface area contributed by atoms with Crippen LogP contribution >= 0.6 is 15.9 Å². The molecule has 0 aliphatic carbocycles. The average Bonchev–Trinajstić information content (AvgIpc) is 2.64. The second kappa shape index (κ2) is 5.25. The summed E-state index contributed by atoms with van der Waals surface area (Å²) in [6.07, 6.45) is 0. The van der Waals surface area contributed by atoms with E-state index in [2.05, 4.69) is 34.8 Å². The van der Waals surface area contributed by atoms with Crippen molar-refractivity contribution in [2.24, 2.45) is 0 Å². The van der Waals surface area contributed by atoms with E-state index in [1.54, 1.807) is 7.11 Å². The highest BCUT2D eigenvalue weighted by atomic mass is 79.9. The number of hydrogen-bond donors (Lipinski definition) is 1. The first-order valence-electron chi connectivity index (χ1n) is 6.14. The number of nitrogens with zero attached hydrogens (tertiary/aromatic N) is 2. The molecule has 1 aromatic carbocycles. The van der Waals surface area contributed by atoms with Crippen molar-refractivity contribution in [1.82, 2.24) is 9.55 Å². The van der Waals surface area contributed by atoms with E-state index in [1.807, 2.05) is 29.7 Å². The van der Waals surface area contributed by atoms with E-state index in [1.165, 1.54) is 0 Å². The van der Waals surface area contributed by atoms with Crippen molar-refractivity contribution in [3.05, 3.63) is 28.5 Å². The SMILES string of the molecule is COc1ccc(-c2nc(C)n(C(C)C)c2N)cc1Br. The molecule has 5 heteroatoms. The normalized spacial score (nSPS) is 11.1. The third-order valence-corrected chi connectivity index (χ3v) is 3.69. The lowest BCUT2D eigenvalue weighted by Crippen LogP contribution is -2.07. The van der Waals surface area contributed by atoms with Crippen LogP contribution in [0.1, 0.15) is 25.7 Å². The molecule has 102 valence electrons. The van der Waals surface area contributed by atoms with E-state index >= 15 is 0 Å². The fraction of sp³-hybridized carbons (Fsp3) is 0.357. The molecule has 0 saturated carbocycles. The summed E-state index contributed by atoms with van der Waals surface area (Å²) in [5.41, 5.74) is 8.01. The van der Waals surface area contributed by atoms with Crippen molar-refractivity contribution < 1.29 is 4.74 Å². The molecular formula is C14H18BrN3O. The van der Waals surface area contributed by atoms with E-state index in [9.17, 15) is 0 Å². The standard InChI is InChI=1S/C14H18BrN3O/c1-8(2)18-9(3)17-13(14(18)16)10-5-6-12(19-4)11(15)7-10/h5-8H,16H2,1-4H3. The Morgan fingerprint density at radius 2 is 2.05 bits per heavy atom. The first-order chi connectivity index (χ1) is 8.95. The van der Waals surface area contributed by atoms with Gasteiger partial charge in [0, 0.05) is 11.6 Å². The number of nitrogens with two attached hydrogens (primary N) is 1. The Kier molecular flexibility index (Phi) is 3.85. The molecule has 1 aromatic heterocycles. The van der Waals surface area contributed by atoms with E-state index < -0.39 is 0 Å². The van der Waals surface area contributed by atoms with Gasteiger partial charge in [-0.3, -0.25) is 0 Å². The number of rotatable bonds is 3. The molecule has 0 aliphatic heterocycles. The fourth-order valence-electron chi connectivity index (χ4n) is 2.24. The number of aromatic nitrogens is 2. The number of hydrogen-bond acceptors (Lipinski definition) is 3. The monoisotopic (exact) mass is 323 g/mol. The maximum absolute atomic E-state index is 6.21. The Hall–Kier alpha value is -1.49. The minimum Gasteiger partial charge on any atom is -0.496 e. The van der Waals surface area contributed by atoms with Gasteiger partial charge in [-0.1, -0.05) is 0 Å². The van der Waals surface area contributed by atoms with Crippen LogP contribution in [0.2, 0.25) is 0 Å². The molecule has 0 amide bonds. The van der Waals surface area contributed by atoms with Crippen molar-refractivity contribution >= 4 is 21.7 Å². The summed E-state index contributed by atoms with van der Waals surface area (Å²) in [4.78, 5) is 4.57. The third-order valence-electron chi connectivity index (χ3n) is 3.07. The van der Waals surface area contributed by atoms with Crippen LogP contribution < -0.4 is 10.5 Å². The lowest BCUT2D eigenvalue weighted by molar-refractivity contribution is 0.412. The van der Waals surface area contributed by atoms with Gasteiger partial charge in [-0.15, -0.1) is 0 Å². The van der Waals surface area contributed by atoms with Crippen LogP contribution in [-0.4, -0.2) is 16.7 Å². The molecular weight excluding hydrogens is 306 g/mol. The van der Waals surface area contributed by atoms with Crippen LogP contribution in [0.3, 0.4) is 0 Å². The van der Waals surface area contributed by atoms with Crippen LogP contribution in [-0.2, 0) is 0 Å². The Balaban J connectivity index is 2.54. The molecule has 1 heterocycles. The van der Waals surface area contributed by atoms with Gasteiger partial charge in [0.2, 0.25) is 0 Å². The van der Waals surface area contributed by atoms with Gasteiger partial charge in [0.25, 0.3) is 0 Å². The van der Waals surface area contributed by atoms with E-state index in [0.29, 0.717) is 11.9 Å². The molecule has 0 saturated heterocycles. The quantitative estimate of drug-likeness (QED) is 0.934. The number of benzene rings is 1. The summed E-state index contributed by atoms with van der Waals surface area (Å²) in [6.45, 7) is 6.16. The summed E-state index contributed by atoms with van der Waals surface area (Å²) < 4.78 is 8.16. The van der Waals surface area contributed by atoms with Gasteiger partial charge >= 0.3 is 0 Å². The molecule has 0 bridgehead atoms. The van der Waals surface area contributed by atoms with Gasteiger partial charge in [-0.05, 0) is 54.9 Å². The number of methoxy groups -OCH3 is 1. The zero-order chi connectivity index (χ0) is 14.2. The fourth-order valence-corrected chi connectivity index (χ4v) is 2.78. The van der Waals surface area contributed by atoms with Crippen molar-refractivity contribution in [1.29, 1.82) is 0 Å². The van der Waals surface area contributed by atoms with Gasteiger partial charge < -0.3 is 15.0 Å². The van der Waals surface area contributed by atoms with Gasteiger partial charge in [-0.25, -0.2) is 4.98 Å². The summed E-state index contributed by atoms with van der Waals surface area (Å²) in [5.74, 6) is 2.42. The van der Waals surface area contributed by atoms with Crippen molar-refractivity contribution in [2.45, 2.75) is 26.8 Å². The van der Waals surface area contributed by atoms with Crippen LogP contribution in [0.5, 0.6) is 5.75 Å². The number of aryl methyl sites for hydroxylation is 1. The summed E-state index contributed by atoms with van der Waals surface area (Å²) >= 11 is 3.48. The zero-order valence-corrected chi connectivity index (χ0v) is 13.2. The molecule has 2 rings (SSSR count). The molecule has 0 radical (unpaired) electrons. The summed E-state index contributed by atoms with van der Waals surface area (Å²) in [5, 5.41) is 0. The average molecular weight is 324 g/mol. The number of anilines is 1. The smallest absolute Gasteiger partial charge is 0.133 e. The minimum atomic E-state index is 0.294. The number of nitrogen functional groups attached to an aromatic ring is 1. The van der Waals surface area contributed by atoms with E-state index in [4.69, 9.17) is 10.5 Å². The van der Waals surface area contributed by atoms with Gasteiger partial charge in [0.1, 0.15) is 23.1 Å². The zero-order valence-electron chi connectivity index (χ0n) is 11.6. The largest absolute Gasteiger partial charge is 0.496 e. The van der Waals surface area contributed by atoms with Crippen LogP contribution in [0.15, 0.2) is 22.7 Å².